The molecule has 156 valence electrons. The van der Waals surface area contributed by atoms with Gasteiger partial charge in [0.15, 0.2) is 11.9 Å². The van der Waals surface area contributed by atoms with Crippen molar-refractivity contribution in [1.82, 2.24) is 4.57 Å². The van der Waals surface area contributed by atoms with Crippen LogP contribution in [0, 0.1) is 6.92 Å². The minimum atomic E-state index is 0.839. The molecule has 4 nitrogen and oxygen atoms in total. The molecule has 0 bridgehead atoms. The first-order valence-corrected chi connectivity index (χ1v) is 10.4. The van der Waals surface area contributed by atoms with E-state index in [2.05, 4.69) is 73.1 Å². The van der Waals surface area contributed by atoms with Crippen LogP contribution in [0.3, 0.4) is 0 Å². The maximum Gasteiger partial charge on any atom is 0.237 e. The highest BCUT2D eigenvalue weighted by atomic mass is 16.5. The van der Waals surface area contributed by atoms with E-state index in [1.807, 2.05) is 37.3 Å². The number of pyridine rings is 1. The molecule has 0 saturated heterocycles. The molecule has 0 fully saturated rings. The van der Waals surface area contributed by atoms with Crippen LogP contribution in [0.25, 0.3) is 29.2 Å². The molecule has 4 rings (SSSR count). The lowest BCUT2D eigenvalue weighted by Crippen LogP contribution is -2.32. The lowest BCUT2D eigenvalue weighted by molar-refractivity contribution is -0.580. The molecule has 0 spiro atoms. The first kappa shape index (κ1) is 20.6. The van der Waals surface area contributed by atoms with E-state index in [4.69, 9.17) is 9.73 Å². The zero-order chi connectivity index (χ0) is 22.1. The molecule has 2 aromatic heterocycles. The van der Waals surface area contributed by atoms with Gasteiger partial charge in [0.05, 0.1) is 24.2 Å². The van der Waals surface area contributed by atoms with Crippen molar-refractivity contribution < 1.29 is 9.30 Å². The summed E-state index contributed by atoms with van der Waals surface area (Å²) in [5.41, 5.74) is 9.75. The Labute approximate surface area is 184 Å². The van der Waals surface area contributed by atoms with Crippen LogP contribution in [0.1, 0.15) is 37.7 Å². The number of fused-ring (bicyclic) bond motifs is 1. The van der Waals surface area contributed by atoms with Gasteiger partial charge in [-0.05, 0) is 62.7 Å². The third-order valence-electron chi connectivity index (χ3n) is 5.89. The van der Waals surface area contributed by atoms with Crippen LogP contribution < -0.4 is 9.30 Å². The zero-order valence-corrected chi connectivity index (χ0v) is 18.8. The van der Waals surface area contributed by atoms with Crippen molar-refractivity contribution in [1.29, 1.82) is 0 Å². The molecule has 0 saturated carbocycles. The molecule has 0 N–H and O–H groups in total. The molecular formula is C27H28N3O+. The van der Waals surface area contributed by atoms with Crippen molar-refractivity contribution in [2.75, 3.05) is 7.11 Å². The van der Waals surface area contributed by atoms with Gasteiger partial charge < -0.3 is 9.30 Å². The van der Waals surface area contributed by atoms with Gasteiger partial charge in [0, 0.05) is 36.4 Å². The molecule has 3 aromatic rings. The number of aliphatic imine (C=N–C) groups is 1. The Balaban J connectivity index is 1.98. The lowest BCUT2D eigenvalue weighted by Gasteiger charge is -2.08. The van der Waals surface area contributed by atoms with Crippen molar-refractivity contribution in [3.8, 4) is 17.0 Å². The second kappa shape index (κ2) is 8.23. The van der Waals surface area contributed by atoms with Gasteiger partial charge in [-0.15, -0.1) is 0 Å². The Hall–Kier alpha value is -3.66. The molecule has 0 radical (unpaired) electrons. The summed E-state index contributed by atoms with van der Waals surface area (Å²) in [6, 6.07) is 14.4. The van der Waals surface area contributed by atoms with Gasteiger partial charge in [-0.1, -0.05) is 12.7 Å². The fourth-order valence-corrected chi connectivity index (χ4v) is 4.19. The van der Waals surface area contributed by atoms with Crippen molar-refractivity contribution in [2.45, 2.75) is 27.7 Å². The van der Waals surface area contributed by atoms with E-state index in [1.165, 1.54) is 11.3 Å². The second-order valence-electron chi connectivity index (χ2n) is 7.62. The van der Waals surface area contributed by atoms with E-state index < -0.39 is 0 Å². The molecule has 0 aliphatic carbocycles. The van der Waals surface area contributed by atoms with Gasteiger partial charge in [0.2, 0.25) is 5.69 Å². The summed E-state index contributed by atoms with van der Waals surface area (Å²) in [5.74, 6) is 0.839. The Morgan fingerprint density at radius 2 is 1.81 bits per heavy atom. The third kappa shape index (κ3) is 3.34. The van der Waals surface area contributed by atoms with Crippen LogP contribution in [0.15, 0.2) is 71.9 Å². The summed E-state index contributed by atoms with van der Waals surface area (Å²) in [6.07, 6.45) is 8.08. The SMILES string of the molecule is C=Cc1c(N=C2C(C)=C(C)[n+]3ccccc32)c(C)c(-c2ccc(OC)cc2)n1/C=C\C. The highest BCUT2D eigenvalue weighted by Gasteiger charge is 2.31. The molecule has 1 aliphatic heterocycles. The number of benzene rings is 1. The van der Waals surface area contributed by atoms with Crippen LogP contribution >= 0.6 is 0 Å². The standard InChI is InChI=1S/C27H28N3O/c1-7-16-30-23(8-2)26(19(4)27(30)21-12-14-22(31-6)15-13-21)28-25-18(3)20(5)29-17-10-9-11-24(25)29/h7-17H,2H2,1,3-6H3/q+1/b16-7-. The van der Waals surface area contributed by atoms with E-state index in [-0.39, 0.29) is 0 Å². The topological polar surface area (TPSA) is 30.4 Å². The molecule has 31 heavy (non-hydrogen) atoms. The van der Waals surface area contributed by atoms with Crippen LogP contribution in [-0.2, 0) is 0 Å². The Bertz CT molecular complexity index is 1250. The smallest absolute Gasteiger partial charge is 0.237 e. The first-order valence-electron chi connectivity index (χ1n) is 10.4. The Kier molecular flexibility index (Phi) is 5.47. The van der Waals surface area contributed by atoms with Crippen molar-refractivity contribution in [3.63, 3.8) is 0 Å². The van der Waals surface area contributed by atoms with Crippen LogP contribution in [0.5, 0.6) is 5.75 Å². The fourth-order valence-electron chi connectivity index (χ4n) is 4.19. The van der Waals surface area contributed by atoms with Crippen molar-refractivity contribution in [2.24, 2.45) is 4.99 Å². The van der Waals surface area contributed by atoms with Crippen LogP contribution in [0.4, 0.5) is 5.69 Å². The number of aromatic nitrogens is 2. The van der Waals surface area contributed by atoms with Gasteiger partial charge in [-0.25, -0.2) is 4.99 Å². The van der Waals surface area contributed by atoms with Crippen molar-refractivity contribution in [3.05, 3.63) is 83.8 Å². The number of rotatable bonds is 5. The molecule has 4 heteroatoms. The van der Waals surface area contributed by atoms with E-state index in [0.717, 1.165) is 45.4 Å². The average Bonchev–Trinajstić information content (AvgIpc) is 3.20. The van der Waals surface area contributed by atoms with E-state index in [0.29, 0.717) is 0 Å². The summed E-state index contributed by atoms with van der Waals surface area (Å²) < 4.78 is 9.71. The quantitative estimate of drug-likeness (QED) is 0.455. The summed E-state index contributed by atoms with van der Waals surface area (Å²) >= 11 is 0. The first-order chi connectivity index (χ1) is 15.0. The monoisotopic (exact) mass is 410 g/mol. The average molecular weight is 411 g/mol. The lowest BCUT2D eigenvalue weighted by atomic mass is 10.1. The van der Waals surface area contributed by atoms with Crippen LogP contribution in [0.2, 0.25) is 0 Å². The van der Waals surface area contributed by atoms with Crippen LogP contribution in [-0.4, -0.2) is 17.4 Å². The number of nitrogens with zero attached hydrogens (tertiary/aromatic N) is 3. The summed E-state index contributed by atoms with van der Waals surface area (Å²) in [5, 5.41) is 0. The molecule has 3 heterocycles. The molecule has 0 atom stereocenters. The number of hydrogen-bond donors (Lipinski definition) is 0. The summed E-state index contributed by atoms with van der Waals surface area (Å²) in [4.78, 5) is 5.21. The normalized spacial score (nSPS) is 14.5. The van der Waals surface area contributed by atoms with E-state index >= 15 is 0 Å². The minimum absolute atomic E-state index is 0.839. The molecule has 0 amide bonds. The highest BCUT2D eigenvalue weighted by Crippen LogP contribution is 2.39. The minimum Gasteiger partial charge on any atom is -0.497 e. The van der Waals surface area contributed by atoms with Crippen molar-refractivity contribution >= 4 is 29.4 Å². The number of methoxy groups -OCH3 is 1. The summed E-state index contributed by atoms with van der Waals surface area (Å²) in [6.45, 7) is 12.5. The van der Waals surface area contributed by atoms with Gasteiger partial charge in [0.1, 0.15) is 11.5 Å². The molecular weight excluding hydrogens is 382 g/mol. The molecule has 1 aliphatic rings. The predicted molar refractivity (Wildman–Crippen MR) is 130 cm³/mol. The van der Waals surface area contributed by atoms with Gasteiger partial charge >= 0.3 is 0 Å². The fraction of sp³-hybridized carbons (Fsp3) is 0.185. The Morgan fingerprint density at radius 3 is 2.45 bits per heavy atom. The Morgan fingerprint density at radius 1 is 1.06 bits per heavy atom. The molecule has 1 aromatic carbocycles. The zero-order valence-electron chi connectivity index (χ0n) is 18.8. The molecule has 0 unspecified atom stereocenters. The van der Waals surface area contributed by atoms with E-state index in [9.17, 15) is 0 Å². The largest absolute Gasteiger partial charge is 0.497 e. The maximum atomic E-state index is 5.34. The maximum absolute atomic E-state index is 5.34. The third-order valence-corrected chi connectivity index (χ3v) is 5.89. The predicted octanol–water partition coefficient (Wildman–Crippen LogP) is 6.28. The highest BCUT2D eigenvalue weighted by molar-refractivity contribution is 6.16. The second-order valence-corrected chi connectivity index (χ2v) is 7.62. The number of allylic oxidation sites excluding steroid dienone is 3. The number of ether oxygens (including phenoxy) is 1. The van der Waals surface area contributed by atoms with Gasteiger partial charge in [-0.3, -0.25) is 0 Å². The number of hydrogen-bond acceptors (Lipinski definition) is 2. The summed E-state index contributed by atoms with van der Waals surface area (Å²) in [7, 11) is 1.68. The van der Waals surface area contributed by atoms with E-state index in [1.54, 1.807) is 7.11 Å². The van der Waals surface area contributed by atoms with Gasteiger partial charge in [0.25, 0.3) is 0 Å². The van der Waals surface area contributed by atoms with Gasteiger partial charge in [-0.2, -0.15) is 4.57 Å².